The van der Waals surface area contributed by atoms with Crippen LogP contribution in [0.25, 0.3) is 11.0 Å². The van der Waals surface area contributed by atoms with Crippen LogP contribution in [0.1, 0.15) is 29.0 Å². The molecule has 1 aromatic heterocycles. The van der Waals surface area contributed by atoms with Gasteiger partial charge in [0.15, 0.2) is 5.76 Å². The van der Waals surface area contributed by atoms with Gasteiger partial charge in [-0.1, -0.05) is 11.6 Å². The standard InChI is InChI=1S/C16H16ClNO4/c1-9-12-7-11(17)4-5-13(12)22-14(9)15(19)18-6-2-3-10(8-18)16(20)21/h4-5,7,10H,2-3,6,8H2,1H3,(H,20,21). The summed E-state index contributed by atoms with van der Waals surface area (Å²) in [6, 6.07) is 5.21. The number of carboxylic acid groups (broad SMARTS) is 1. The number of amides is 1. The highest BCUT2D eigenvalue weighted by Crippen LogP contribution is 2.29. The summed E-state index contributed by atoms with van der Waals surface area (Å²) < 4.78 is 5.67. The van der Waals surface area contributed by atoms with E-state index in [9.17, 15) is 9.59 Å². The second kappa shape index (κ2) is 5.65. The van der Waals surface area contributed by atoms with E-state index < -0.39 is 11.9 Å². The minimum atomic E-state index is -0.856. The van der Waals surface area contributed by atoms with Crippen LogP contribution in [0.4, 0.5) is 0 Å². The average molecular weight is 322 g/mol. The van der Waals surface area contributed by atoms with Gasteiger partial charge in [0.1, 0.15) is 5.58 Å². The Labute approximate surface area is 132 Å². The van der Waals surface area contributed by atoms with Gasteiger partial charge in [0.25, 0.3) is 5.91 Å². The molecule has 116 valence electrons. The quantitative estimate of drug-likeness (QED) is 0.921. The normalized spacial score (nSPS) is 18.6. The van der Waals surface area contributed by atoms with E-state index in [1.54, 1.807) is 23.1 Å². The van der Waals surface area contributed by atoms with Crippen molar-refractivity contribution < 1.29 is 19.1 Å². The lowest BCUT2D eigenvalue weighted by Crippen LogP contribution is -2.42. The minimum Gasteiger partial charge on any atom is -0.481 e. The van der Waals surface area contributed by atoms with Crippen molar-refractivity contribution in [3.63, 3.8) is 0 Å². The van der Waals surface area contributed by atoms with Crippen LogP contribution in [0.2, 0.25) is 5.02 Å². The lowest BCUT2D eigenvalue weighted by Gasteiger charge is -2.30. The van der Waals surface area contributed by atoms with Crippen molar-refractivity contribution in [1.29, 1.82) is 0 Å². The molecule has 0 radical (unpaired) electrons. The number of hydrogen-bond donors (Lipinski definition) is 1. The Morgan fingerprint density at radius 3 is 2.91 bits per heavy atom. The summed E-state index contributed by atoms with van der Waals surface area (Å²) in [6.07, 6.45) is 1.29. The van der Waals surface area contributed by atoms with Crippen molar-refractivity contribution in [2.24, 2.45) is 5.92 Å². The second-order valence-corrected chi connectivity index (χ2v) is 6.06. The number of carbonyl (C=O) groups is 2. The predicted molar refractivity (Wildman–Crippen MR) is 82.2 cm³/mol. The third-order valence-corrected chi connectivity index (χ3v) is 4.39. The molecule has 0 bridgehead atoms. The first-order valence-corrected chi connectivity index (χ1v) is 7.56. The number of aryl methyl sites for hydroxylation is 1. The molecule has 1 aliphatic heterocycles. The number of likely N-dealkylation sites (tertiary alicyclic amines) is 1. The van der Waals surface area contributed by atoms with Gasteiger partial charge in [0.05, 0.1) is 5.92 Å². The third kappa shape index (κ3) is 2.57. The van der Waals surface area contributed by atoms with Crippen LogP contribution in [-0.4, -0.2) is 35.0 Å². The van der Waals surface area contributed by atoms with E-state index in [1.807, 2.05) is 6.92 Å². The van der Waals surface area contributed by atoms with E-state index in [0.29, 0.717) is 30.0 Å². The number of carbonyl (C=O) groups excluding carboxylic acids is 1. The first-order chi connectivity index (χ1) is 10.5. The molecule has 1 aliphatic rings. The molecular formula is C16H16ClNO4. The maximum atomic E-state index is 12.6. The number of carboxylic acids is 1. The molecule has 0 spiro atoms. The van der Waals surface area contributed by atoms with Crippen LogP contribution in [0.5, 0.6) is 0 Å². The van der Waals surface area contributed by atoms with Crippen molar-refractivity contribution in [1.82, 2.24) is 4.90 Å². The van der Waals surface area contributed by atoms with E-state index in [2.05, 4.69) is 0 Å². The molecule has 1 fully saturated rings. The number of nitrogens with zero attached hydrogens (tertiary/aromatic N) is 1. The van der Waals surface area contributed by atoms with Crippen molar-refractivity contribution in [2.75, 3.05) is 13.1 Å². The SMILES string of the molecule is Cc1c(C(=O)N2CCCC(C(=O)O)C2)oc2ccc(Cl)cc12. The molecule has 1 amide bonds. The molecule has 1 unspecified atom stereocenters. The Morgan fingerprint density at radius 2 is 2.18 bits per heavy atom. The van der Waals surface area contributed by atoms with Gasteiger partial charge in [-0.25, -0.2) is 0 Å². The summed E-state index contributed by atoms with van der Waals surface area (Å²) >= 11 is 5.98. The number of halogens is 1. The number of hydrogen-bond acceptors (Lipinski definition) is 3. The fourth-order valence-corrected chi connectivity index (χ4v) is 3.08. The molecule has 0 aliphatic carbocycles. The minimum absolute atomic E-state index is 0.228. The van der Waals surface area contributed by atoms with Crippen LogP contribution in [0.3, 0.4) is 0 Å². The zero-order chi connectivity index (χ0) is 15.9. The van der Waals surface area contributed by atoms with Gasteiger partial charge in [-0.15, -0.1) is 0 Å². The first-order valence-electron chi connectivity index (χ1n) is 7.18. The summed E-state index contributed by atoms with van der Waals surface area (Å²) in [5.41, 5.74) is 1.34. The molecular weight excluding hydrogens is 306 g/mol. The van der Waals surface area contributed by atoms with Gasteiger partial charge in [-0.05, 0) is 38.0 Å². The lowest BCUT2D eigenvalue weighted by atomic mass is 9.98. The second-order valence-electron chi connectivity index (χ2n) is 5.63. The smallest absolute Gasteiger partial charge is 0.308 e. The highest BCUT2D eigenvalue weighted by atomic mass is 35.5. The maximum Gasteiger partial charge on any atom is 0.308 e. The Bertz CT molecular complexity index is 752. The average Bonchev–Trinajstić information content (AvgIpc) is 2.83. The van der Waals surface area contributed by atoms with Gasteiger partial charge in [-0.3, -0.25) is 9.59 Å². The van der Waals surface area contributed by atoms with Crippen LogP contribution in [0, 0.1) is 12.8 Å². The topological polar surface area (TPSA) is 70.8 Å². The molecule has 1 aromatic carbocycles. The Balaban J connectivity index is 1.92. The summed E-state index contributed by atoms with van der Waals surface area (Å²) in [5.74, 6) is -1.35. The molecule has 6 heteroatoms. The highest BCUT2D eigenvalue weighted by molar-refractivity contribution is 6.31. The van der Waals surface area contributed by atoms with E-state index >= 15 is 0 Å². The molecule has 2 heterocycles. The zero-order valence-corrected chi connectivity index (χ0v) is 12.9. The Kier molecular flexibility index (Phi) is 3.83. The summed E-state index contributed by atoms with van der Waals surface area (Å²) in [5, 5.41) is 10.5. The summed E-state index contributed by atoms with van der Waals surface area (Å²) in [4.78, 5) is 25.3. The predicted octanol–water partition coefficient (Wildman–Crippen LogP) is 3.33. The summed E-state index contributed by atoms with van der Waals surface area (Å²) in [7, 11) is 0. The molecule has 0 saturated carbocycles. The Morgan fingerprint density at radius 1 is 1.41 bits per heavy atom. The molecule has 1 saturated heterocycles. The van der Waals surface area contributed by atoms with E-state index in [0.717, 1.165) is 10.9 Å². The lowest BCUT2D eigenvalue weighted by molar-refractivity contribution is -0.143. The Hall–Kier alpha value is -2.01. The third-order valence-electron chi connectivity index (χ3n) is 4.15. The van der Waals surface area contributed by atoms with Crippen LogP contribution in [-0.2, 0) is 4.79 Å². The zero-order valence-electron chi connectivity index (χ0n) is 12.1. The molecule has 1 atom stereocenters. The largest absolute Gasteiger partial charge is 0.481 e. The van der Waals surface area contributed by atoms with Gasteiger partial charge in [-0.2, -0.15) is 0 Å². The van der Waals surface area contributed by atoms with E-state index in [4.69, 9.17) is 21.1 Å². The number of benzene rings is 1. The van der Waals surface area contributed by atoms with E-state index in [1.165, 1.54) is 0 Å². The molecule has 5 nitrogen and oxygen atoms in total. The van der Waals surface area contributed by atoms with Crippen molar-refractivity contribution in [2.45, 2.75) is 19.8 Å². The monoisotopic (exact) mass is 321 g/mol. The number of aliphatic carboxylic acids is 1. The number of piperidine rings is 1. The van der Waals surface area contributed by atoms with Gasteiger partial charge in [0.2, 0.25) is 0 Å². The molecule has 3 rings (SSSR count). The van der Waals surface area contributed by atoms with Gasteiger partial charge >= 0.3 is 5.97 Å². The molecule has 22 heavy (non-hydrogen) atoms. The fraction of sp³-hybridized carbons (Fsp3) is 0.375. The van der Waals surface area contributed by atoms with Crippen molar-refractivity contribution in [3.8, 4) is 0 Å². The number of rotatable bonds is 2. The highest BCUT2D eigenvalue weighted by Gasteiger charge is 2.31. The maximum absolute atomic E-state index is 12.6. The number of furan rings is 1. The van der Waals surface area contributed by atoms with Gasteiger partial charge in [0, 0.05) is 29.1 Å². The fourth-order valence-electron chi connectivity index (χ4n) is 2.90. The molecule has 1 N–H and O–H groups in total. The summed E-state index contributed by atoms with van der Waals surface area (Å²) in [6.45, 7) is 2.60. The van der Waals surface area contributed by atoms with Crippen LogP contribution >= 0.6 is 11.6 Å². The van der Waals surface area contributed by atoms with Gasteiger partial charge < -0.3 is 14.4 Å². The van der Waals surface area contributed by atoms with Crippen molar-refractivity contribution in [3.05, 3.63) is 34.5 Å². The van der Waals surface area contributed by atoms with Crippen LogP contribution < -0.4 is 0 Å². The number of fused-ring (bicyclic) bond motifs is 1. The van der Waals surface area contributed by atoms with Crippen LogP contribution in [0.15, 0.2) is 22.6 Å². The molecule has 2 aromatic rings. The first kappa shape index (κ1) is 14.9. The van der Waals surface area contributed by atoms with E-state index in [-0.39, 0.29) is 18.2 Å². The van der Waals surface area contributed by atoms with Crippen molar-refractivity contribution >= 4 is 34.4 Å².